The lowest BCUT2D eigenvalue weighted by Crippen LogP contribution is -2.30. The molecule has 0 aliphatic rings. The second-order valence-corrected chi connectivity index (χ2v) is 3.64. The number of aliphatic carboxylic acids is 1. The molecule has 0 atom stereocenters. The highest BCUT2D eigenvalue weighted by Crippen LogP contribution is 1.95. The SMILES string of the molecule is CN(C)C(=O)CCNC(=O)CCCC(=O)O. The third-order valence-electron chi connectivity index (χ3n) is 1.95. The summed E-state index contributed by atoms with van der Waals surface area (Å²) in [5.41, 5.74) is 0. The van der Waals surface area contributed by atoms with Crippen LogP contribution in [0.5, 0.6) is 0 Å². The lowest BCUT2D eigenvalue weighted by molar-refractivity contribution is -0.137. The fraction of sp³-hybridized carbons (Fsp3) is 0.700. The van der Waals surface area contributed by atoms with Gasteiger partial charge in [-0.3, -0.25) is 14.4 Å². The molecular formula is C10H18N2O4. The summed E-state index contributed by atoms with van der Waals surface area (Å²) in [5.74, 6) is -1.17. The van der Waals surface area contributed by atoms with Gasteiger partial charge < -0.3 is 15.3 Å². The highest BCUT2D eigenvalue weighted by atomic mass is 16.4. The maximum absolute atomic E-state index is 11.1. The number of rotatable bonds is 7. The van der Waals surface area contributed by atoms with Gasteiger partial charge in [0.1, 0.15) is 0 Å². The second kappa shape index (κ2) is 7.67. The van der Waals surface area contributed by atoms with E-state index in [1.54, 1.807) is 14.1 Å². The van der Waals surface area contributed by atoms with Crippen LogP contribution in [0.3, 0.4) is 0 Å². The average Bonchev–Trinajstić information content (AvgIpc) is 2.16. The maximum Gasteiger partial charge on any atom is 0.303 e. The molecule has 0 aromatic carbocycles. The topological polar surface area (TPSA) is 86.7 Å². The summed E-state index contributed by atoms with van der Waals surface area (Å²) in [4.78, 5) is 33.9. The van der Waals surface area contributed by atoms with Crippen LogP contribution in [-0.4, -0.2) is 48.4 Å². The van der Waals surface area contributed by atoms with Crippen LogP contribution in [0.2, 0.25) is 0 Å². The van der Waals surface area contributed by atoms with Gasteiger partial charge in [0.25, 0.3) is 0 Å². The standard InChI is InChI=1S/C10H18N2O4/c1-12(2)9(14)6-7-11-8(13)4-3-5-10(15)16/h3-7H2,1-2H3,(H,11,13)(H,15,16). The van der Waals surface area contributed by atoms with Gasteiger partial charge in [-0.15, -0.1) is 0 Å². The summed E-state index contributed by atoms with van der Waals surface area (Å²) >= 11 is 0. The Morgan fingerprint density at radius 2 is 1.75 bits per heavy atom. The number of carboxylic acid groups (broad SMARTS) is 1. The van der Waals surface area contributed by atoms with Crippen molar-refractivity contribution in [2.24, 2.45) is 0 Å². The Balaban J connectivity index is 3.51. The summed E-state index contributed by atoms with van der Waals surface area (Å²) in [7, 11) is 3.30. The Hall–Kier alpha value is -1.59. The summed E-state index contributed by atoms with van der Waals surface area (Å²) in [6.07, 6.45) is 0.757. The molecule has 0 aliphatic heterocycles. The lowest BCUT2D eigenvalue weighted by Gasteiger charge is -2.10. The van der Waals surface area contributed by atoms with Crippen molar-refractivity contribution in [3.05, 3.63) is 0 Å². The summed E-state index contributed by atoms with van der Waals surface area (Å²) in [6.45, 7) is 0.295. The predicted octanol–water partition coefficient (Wildman–Crippen LogP) is -0.164. The number of carbonyl (C=O) groups is 3. The number of amides is 2. The van der Waals surface area contributed by atoms with E-state index in [-0.39, 0.29) is 31.1 Å². The smallest absolute Gasteiger partial charge is 0.303 e. The molecule has 0 aromatic rings. The van der Waals surface area contributed by atoms with Gasteiger partial charge >= 0.3 is 5.97 Å². The number of hydrogen-bond donors (Lipinski definition) is 2. The van der Waals surface area contributed by atoms with Crippen molar-refractivity contribution >= 4 is 17.8 Å². The average molecular weight is 230 g/mol. The molecule has 0 heterocycles. The van der Waals surface area contributed by atoms with Gasteiger partial charge in [0.2, 0.25) is 11.8 Å². The molecule has 2 N–H and O–H groups in total. The number of hydrogen-bond acceptors (Lipinski definition) is 3. The normalized spacial score (nSPS) is 9.62. The third-order valence-corrected chi connectivity index (χ3v) is 1.95. The van der Waals surface area contributed by atoms with Gasteiger partial charge in [-0.25, -0.2) is 0 Å². The van der Waals surface area contributed by atoms with Crippen LogP contribution in [0, 0.1) is 0 Å². The third kappa shape index (κ3) is 7.78. The zero-order chi connectivity index (χ0) is 12.6. The second-order valence-electron chi connectivity index (χ2n) is 3.64. The zero-order valence-electron chi connectivity index (χ0n) is 9.65. The fourth-order valence-electron chi connectivity index (χ4n) is 1.02. The largest absolute Gasteiger partial charge is 0.481 e. The van der Waals surface area contributed by atoms with Gasteiger partial charge in [-0.2, -0.15) is 0 Å². The minimum Gasteiger partial charge on any atom is -0.481 e. The Kier molecular flexibility index (Phi) is 6.91. The molecule has 2 amide bonds. The van der Waals surface area contributed by atoms with E-state index in [4.69, 9.17) is 5.11 Å². The molecule has 0 saturated heterocycles. The van der Waals surface area contributed by atoms with Crippen LogP contribution >= 0.6 is 0 Å². The first-order chi connectivity index (χ1) is 7.43. The van der Waals surface area contributed by atoms with Crippen molar-refractivity contribution in [3.8, 4) is 0 Å². The van der Waals surface area contributed by atoms with Crippen molar-refractivity contribution < 1.29 is 19.5 Å². The molecule has 0 unspecified atom stereocenters. The molecule has 0 saturated carbocycles. The van der Waals surface area contributed by atoms with Crippen molar-refractivity contribution in [3.63, 3.8) is 0 Å². The highest BCUT2D eigenvalue weighted by molar-refractivity contribution is 5.79. The molecule has 92 valence electrons. The molecule has 0 aromatic heterocycles. The first-order valence-corrected chi connectivity index (χ1v) is 5.12. The Morgan fingerprint density at radius 3 is 2.25 bits per heavy atom. The number of carboxylic acids is 1. The molecule has 6 heteroatoms. The van der Waals surface area contributed by atoms with Crippen molar-refractivity contribution in [1.29, 1.82) is 0 Å². The van der Waals surface area contributed by atoms with Crippen molar-refractivity contribution in [2.75, 3.05) is 20.6 Å². The van der Waals surface area contributed by atoms with Crippen LogP contribution in [0.15, 0.2) is 0 Å². The Bertz CT molecular complexity index is 264. The molecule has 16 heavy (non-hydrogen) atoms. The van der Waals surface area contributed by atoms with Crippen LogP contribution in [0.25, 0.3) is 0 Å². The Morgan fingerprint density at radius 1 is 1.12 bits per heavy atom. The zero-order valence-corrected chi connectivity index (χ0v) is 9.65. The van der Waals surface area contributed by atoms with Gasteiger partial charge in [0, 0.05) is 39.9 Å². The van der Waals surface area contributed by atoms with Crippen LogP contribution in [0.4, 0.5) is 0 Å². The van der Waals surface area contributed by atoms with E-state index in [0.29, 0.717) is 13.0 Å². The van der Waals surface area contributed by atoms with Gasteiger partial charge in [0.15, 0.2) is 0 Å². The van der Waals surface area contributed by atoms with Crippen molar-refractivity contribution in [2.45, 2.75) is 25.7 Å². The molecule has 0 radical (unpaired) electrons. The minimum absolute atomic E-state index is 0.00987. The molecule has 0 rings (SSSR count). The quantitative estimate of drug-likeness (QED) is 0.636. The molecule has 0 bridgehead atoms. The van der Waals surface area contributed by atoms with Gasteiger partial charge in [-0.1, -0.05) is 0 Å². The predicted molar refractivity (Wildman–Crippen MR) is 57.8 cm³/mol. The number of nitrogens with one attached hydrogen (secondary N) is 1. The van der Waals surface area contributed by atoms with Crippen LogP contribution in [0.1, 0.15) is 25.7 Å². The van der Waals surface area contributed by atoms with E-state index < -0.39 is 5.97 Å². The minimum atomic E-state index is -0.907. The first kappa shape index (κ1) is 14.4. The van der Waals surface area contributed by atoms with E-state index in [0.717, 1.165) is 0 Å². The van der Waals surface area contributed by atoms with Gasteiger partial charge in [-0.05, 0) is 6.42 Å². The molecular weight excluding hydrogens is 212 g/mol. The van der Waals surface area contributed by atoms with E-state index in [9.17, 15) is 14.4 Å². The Labute approximate surface area is 94.6 Å². The highest BCUT2D eigenvalue weighted by Gasteiger charge is 2.06. The maximum atomic E-state index is 11.1. The fourth-order valence-corrected chi connectivity index (χ4v) is 1.02. The van der Waals surface area contributed by atoms with E-state index in [2.05, 4.69) is 5.32 Å². The van der Waals surface area contributed by atoms with Crippen molar-refractivity contribution in [1.82, 2.24) is 10.2 Å². The summed E-state index contributed by atoms with van der Waals surface area (Å²) in [6, 6.07) is 0. The van der Waals surface area contributed by atoms with Crippen LogP contribution < -0.4 is 5.32 Å². The number of carbonyl (C=O) groups excluding carboxylic acids is 2. The molecule has 0 aliphatic carbocycles. The molecule has 0 fully saturated rings. The summed E-state index contributed by atoms with van der Waals surface area (Å²) < 4.78 is 0. The van der Waals surface area contributed by atoms with Crippen LogP contribution in [-0.2, 0) is 14.4 Å². The van der Waals surface area contributed by atoms with E-state index in [1.165, 1.54) is 4.90 Å². The van der Waals surface area contributed by atoms with E-state index in [1.807, 2.05) is 0 Å². The number of nitrogens with zero attached hydrogens (tertiary/aromatic N) is 1. The first-order valence-electron chi connectivity index (χ1n) is 5.12. The lowest BCUT2D eigenvalue weighted by atomic mass is 10.2. The summed E-state index contributed by atoms with van der Waals surface area (Å²) in [5, 5.41) is 10.9. The molecule has 0 spiro atoms. The molecule has 6 nitrogen and oxygen atoms in total. The monoisotopic (exact) mass is 230 g/mol. The van der Waals surface area contributed by atoms with Gasteiger partial charge in [0.05, 0.1) is 0 Å². The van der Waals surface area contributed by atoms with E-state index >= 15 is 0 Å².